The third-order valence-electron chi connectivity index (χ3n) is 3.78. The lowest BCUT2D eigenvalue weighted by Gasteiger charge is -2.49. The van der Waals surface area contributed by atoms with Crippen LogP contribution in [0.25, 0.3) is 0 Å². The van der Waals surface area contributed by atoms with Crippen LogP contribution in [-0.2, 0) is 9.59 Å². The number of carbonyl (C=O) groups excluding carboxylic acids is 2. The predicted octanol–water partition coefficient (Wildman–Crippen LogP) is 0.0197. The summed E-state index contributed by atoms with van der Waals surface area (Å²) in [6.45, 7) is 8.60. The van der Waals surface area contributed by atoms with Gasteiger partial charge in [-0.25, -0.2) is 0 Å². The Labute approximate surface area is 109 Å². The van der Waals surface area contributed by atoms with Crippen LogP contribution in [0.5, 0.6) is 0 Å². The maximum atomic E-state index is 11.4. The molecule has 0 saturated carbocycles. The van der Waals surface area contributed by atoms with Crippen molar-refractivity contribution in [2.24, 2.45) is 0 Å². The summed E-state index contributed by atoms with van der Waals surface area (Å²) >= 11 is 0. The molecule has 0 bridgehead atoms. The minimum Gasteiger partial charge on any atom is -0.544 e. The van der Waals surface area contributed by atoms with Crippen LogP contribution in [0.2, 0.25) is 0 Å². The minimum atomic E-state index is -1.14. The second-order valence-electron chi connectivity index (χ2n) is 5.40. The van der Waals surface area contributed by atoms with E-state index in [-0.39, 0.29) is 16.6 Å². The molecule has 0 saturated heterocycles. The van der Waals surface area contributed by atoms with Gasteiger partial charge in [0, 0.05) is 6.42 Å². The van der Waals surface area contributed by atoms with Crippen LogP contribution in [-0.4, -0.2) is 42.2 Å². The average molecular weight is 256 g/mol. The normalized spacial score (nSPS) is 13.8. The van der Waals surface area contributed by atoms with Crippen LogP contribution < -0.4 is 10.4 Å². The van der Waals surface area contributed by atoms with Gasteiger partial charge in [0.2, 0.25) is 5.91 Å². The van der Waals surface area contributed by atoms with Crippen LogP contribution >= 0.6 is 0 Å². The summed E-state index contributed by atoms with van der Waals surface area (Å²) in [5.74, 6) is -1.43. The Morgan fingerprint density at radius 3 is 2.28 bits per heavy atom. The molecule has 0 aliphatic rings. The quantitative estimate of drug-likeness (QED) is 0.396. The molecule has 0 aromatic heterocycles. The number of carbonyl (C=O) groups is 2. The van der Waals surface area contributed by atoms with Gasteiger partial charge in [0.1, 0.15) is 11.5 Å². The molecular formula is C13H24N2O3. The number of hydrogen-bond donors (Lipinski definition) is 1. The average Bonchev–Trinajstić information content (AvgIpc) is 2.27. The highest BCUT2D eigenvalue weighted by Crippen LogP contribution is 2.24. The third-order valence-corrected chi connectivity index (χ3v) is 3.78. The number of carboxylic acid groups (broad SMARTS) is 1. The van der Waals surface area contributed by atoms with Crippen molar-refractivity contribution in [3.8, 4) is 0 Å². The van der Waals surface area contributed by atoms with Crippen molar-refractivity contribution in [1.29, 1.82) is 0 Å². The van der Waals surface area contributed by atoms with Crippen molar-refractivity contribution < 1.29 is 19.2 Å². The van der Waals surface area contributed by atoms with Crippen molar-refractivity contribution in [1.82, 2.24) is 5.32 Å². The number of hydrogen-bond acceptors (Lipinski definition) is 3. The maximum absolute atomic E-state index is 11.4. The topological polar surface area (TPSA) is 69.2 Å². The fraction of sp³-hybridized carbons (Fsp3) is 0.692. The molecule has 18 heavy (non-hydrogen) atoms. The maximum Gasteiger partial charge on any atom is 0.247 e. The van der Waals surface area contributed by atoms with Crippen molar-refractivity contribution >= 4 is 11.9 Å². The van der Waals surface area contributed by atoms with Crippen molar-refractivity contribution in [2.45, 2.75) is 45.3 Å². The van der Waals surface area contributed by atoms with Gasteiger partial charge in [-0.1, -0.05) is 13.5 Å². The van der Waals surface area contributed by atoms with Crippen LogP contribution in [0.4, 0.5) is 0 Å². The van der Waals surface area contributed by atoms with Gasteiger partial charge in [-0.15, -0.1) is 0 Å². The SMILES string of the molecule is C=CC(=O)NC(CCC)[N+](C)(C)C(C)(C)C(=O)[O-]. The first-order valence-corrected chi connectivity index (χ1v) is 6.09. The van der Waals surface area contributed by atoms with E-state index in [4.69, 9.17) is 0 Å². The Balaban J connectivity index is 5.25. The van der Waals surface area contributed by atoms with Gasteiger partial charge in [0.05, 0.1) is 14.1 Å². The zero-order valence-corrected chi connectivity index (χ0v) is 11.9. The number of nitrogens with zero attached hydrogens (tertiary/aromatic N) is 1. The number of likely N-dealkylation sites (N-methyl/N-ethyl adjacent to an activating group) is 1. The predicted molar refractivity (Wildman–Crippen MR) is 68.2 cm³/mol. The number of quaternary nitrogens is 1. The van der Waals surface area contributed by atoms with E-state index in [2.05, 4.69) is 11.9 Å². The van der Waals surface area contributed by atoms with E-state index in [0.717, 1.165) is 6.42 Å². The summed E-state index contributed by atoms with van der Waals surface area (Å²) in [6.07, 6.45) is 2.42. The molecular weight excluding hydrogens is 232 g/mol. The summed E-state index contributed by atoms with van der Waals surface area (Å²) in [7, 11) is 3.55. The fourth-order valence-electron chi connectivity index (χ4n) is 1.68. The van der Waals surface area contributed by atoms with Crippen LogP contribution in [0, 0.1) is 0 Å². The van der Waals surface area contributed by atoms with E-state index >= 15 is 0 Å². The Hall–Kier alpha value is -1.36. The molecule has 0 radical (unpaired) electrons. The summed E-state index contributed by atoms with van der Waals surface area (Å²) in [4.78, 5) is 22.7. The largest absolute Gasteiger partial charge is 0.544 e. The molecule has 0 aromatic rings. The van der Waals surface area contributed by atoms with E-state index in [1.807, 2.05) is 6.92 Å². The van der Waals surface area contributed by atoms with Gasteiger partial charge < -0.3 is 15.2 Å². The molecule has 1 amide bonds. The molecule has 0 aliphatic heterocycles. The smallest absolute Gasteiger partial charge is 0.247 e. The molecule has 5 heteroatoms. The zero-order valence-electron chi connectivity index (χ0n) is 11.9. The number of aliphatic carboxylic acids is 1. The van der Waals surface area contributed by atoms with Gasteiger partial charge in [-0.2, -0.15) is 0 Å². The van der Waals surface area contributed by atoms with E-state index in [1.54, 1.807) is 27.9 Å². The molecule has 0 aliphatic carbocycles. The number of rotatable bonds is 7. The lowest BCUT2D eigenvalue weighted by atomic mass is 9.98. The summed E-state index contributed by atoms with van der Waals surface area (Å²) < 4.78 is 0.114. The first-order chi connectivity index (χ1) is 8.11. The molecule has 0 rings (SSSR count). The monoisotopic (exact) mass is 256 g/mol. The molecule has 1 N–H and O–H groups in total. The van der Waals surface area contributed by atoms with Crippen molar-refractivity contribution in [3.63, 3.8) is 0 Å². The van der Waals surface area contributed by atoms with Gasteiger partial charge in [0.25, 0.3) is 0 Å². The highest BCUT2D eigenvalue weighted by molar-refractivity contribution is 5.87. The van der Waals surface area contributed by atoms with E-state index in [1.165, 1.54) is 6.08 Å². The molecule has 0 heterocycles. The minimum absolute atomic E-state index is 0.114. The van der Waals surface area contributed by atoms with Crippen molar-refractivity contribution in [2.75, 3.05) is 14.1 Å². The number of amides is 1. The Kier molecular flexibility index (Phi) is 5.55. The summed E-state index contributed by atoms with van der Waals surface area (Å²) in [5, 5.41) is 14.1. The molecule has 0 spiro atoms. The number of carboxylic acids is 1. The molecule has 0 fully saturated rings. The lowest BCUT2D eigenvalue weighted by Crippen LogP contribution is -2.71. The highest BCUT2D eigenvalue weighted by Gasteiger charge is 2.43. The van der Waals surface area contributed by atoms with Gasteiger partial charge >= 0.3 is 0 Å². The molecule has 1 atom stereocenters. The van der Waals surface area contributed by atoms with E-state index in [0.29, 0.717) is 6.42 Å². The second kappa shape index (κ2) is 6.00. The zero-order chi connectivity index (χ0) is 14.6. The van der Waals surface area contributed by atoms with Crippen LogP contribution in [0.3, 0.4) is 0 Å². The molecule has 5 nitrogen and oxygen atoms in total. The lowest BCUT2D eigenvalue weighted by molar-refractivity contribution is -0.955. The summed E-state index contributed by atoms with van der Waals surface area (Å²) in [6, 6.07) is 0. The second-order valence-corrected chi connectivity index (χ2v) is 5.40. The Morgan fingerprint density at radius 2 is 1.94 bits per heavy atom. The standard InChI is InChI=1S/C13H24N2O3/c1-7-9-10(14-11(16)8-2)15(5,6)13(3,4)12(17)18/h8,10H,2,7,9H2,1,3-6H3,(H-,14,16,17,18). The van der Waals surface area contributed by atoms with Crippen molar-refractivity contribution in [3.05, 3.63) is 12.7 Å². The van der Waals surface area contributed by atoms with Gasteiger partial charge in [-0.3, -0.25) is 9.28 Å². The number of nitrogens with one attached hydrogen (secondary N) is 1. The molecule has 1 unspecified atom stereocenters. The third kappa shape index (κ3) is 3.32. The first-order valence-electron chi connectivity index (χ1n) is 6.09. The van der Waals surface area contributed by atoms with Crippen LogP contribution in [0.15, 0.2) is 12.7 Å². The van der Waals surface area contributed by atoms with Gasteiger partial charge in [0.15, 0.2) is 6.17 Å². The first kappa shape index (κ1) is 16.6. The fourth-order valence-corrected chi connectivity index (χ4v) is 1.68. The van der Waals surface area contributed by atoms with E-state index < -0.39 is 11.5 Å². The van der Waals surface area contributed by atoms with Gasteiger partial charge in [-0.05, 0) is 26.3 Å². The van der Waals surface area contributed by atoms with Crippen LogP contribution in [0.1, 0.15) is 33.6 Å². The molecule has 104 valence electrons. The summed E-state index contributed by atoms with van der Waals surface area (Å²) in [5.41, 5.74) is -1.10. The highest BCUT2D eigenvalue weighted by atomic mass is 16.4. The Bertz CT molecular complexity index is 335. The Morgan fingerprint density at radius 1 is 1.44 bits per heavy atom. The van der Waals surface area contributed by atoms with E-state index in [9.17, 15) is 14.7 Å². The molecule has 0 aromatic carbocycles.